The Hall–Kier alpha value is -4.60. The number of phenols is 2. The maximum absolute atomic E-state index is 10.9. The highest BCUT2D eigenvalue weighted by atomic mass is 16.7. The Morgan fingerprint density at radius 2 is 1.62 bits per heavy atom. The molecular formula is C24H22N4O6. The average Bonchev–Trinajstić information content (AvgIpc) is 3.15. The van der Waals surface area contributed by atoms with E-state index in [-0.39, 0.29) is 18.8 Å². The quantitative estimate of drug-likeness (QED) is 0.123. The Labute approximate surface area is 194 Å². The van der Waals surface area contributed by atoms with E-state index in [9.17, 15) is 20.3 Å². The van der Waals surface area contributed by atoms with Crippen LogP contribution in [0.5, 0.6) is 11.5 Å². The first-order valence-corrected chi connectivity index (χ1v) is 10.5. The second kappa shape index (κ2) is 9.90. The first kappa shape index (κ1) is 22.6. The SMILES string of the molecule is CCn1c2ccccc2c2cc(/C=N/OCCO/N=C/c3cc(O)c(O)c([N+](=O)[O-])c3)ccc21. The van der Waals surface area contributed by atoms with Gasteiger partial charge in [0.05, 0.1) is 17.4 Å². The second-order valence-electron chi connectivity index (χ2n) is 7.34. The molecule has 0 atom stereocenters. The van der Waals surface area contributed by atoms with Gasteiger partial charge in [-0.25, -0.2) is 0 Å². The lowest BCUT2D eigenvalue weighted by Gasteiger charge is -2.02. The molecule has 0 radical (unpaired) electrons. The average molecular weight is 462 g/mol. The maximum atomic E-state index is 10.9. The number of nitro groups is 1. The first-order chi connectivity index (χ1) is 16.5. The van der Waals surface area contributed by atoms with Crippen LogP contribution in [0.3, 0.4) is 0 Å². The number of nitro benzene ring substituents is 1. The van der Waals surface area contributed by atoms with Crippen LogP contribution in [0.15, 0.2) is 64.9 Å². The summed E-state index contributed by atoms with van der Waals surface area (Å²) >= 11 is 0. The standard InChI is InChI=1S/C24H22N4O6/c1-2-27-20-6-4-3-5-18(20)19-11-16(7-8-21(19)27)14-25-33-9-10-34-26-15-17-12-22(28(31)32)24(30)23(29)13-17/h3-8,11-15,29-30H,2,9-10H2,1H3/b25-14+,26-15+. The first-order valence-electron chi connectivity index (χ1n) is 10.5. The summed E-state index contributed by atoms with van der Waals surface area (Å²) in [5.41, 5.74) is 2.83. The molecule has 2 N–H and O–H groups in total. The molecule has 34 heavy (non-hydrogen) atoms. The van der Waals surface area contributed by atoms with Gasteiger partial charge in [-0.15, -0.1) is 0 Å². The minimum Gasteiger partial charge on any atom is -0.504 e. The molecule has 10 heteroatoms. The third kappa shape index (κ3) is 4.60. The molecule has 0 fully saturated rings. The van der Waals surface area contributed by atoms with Crippen LogP contribution in [0.25, 0.3) is 21.8 Å². The van der Waals surface area contributed by atoms with Crippen LogP contribution >= 0.6 is 0 Å². The number of fused-ring (bicyclic) bond motifs is 3. The lowest BCUT2D eigenvalue weighted by atomic mass is 10.1. The summed E-state index contributed by atoms with van der Waals surface area (Å²) in [7, 11) is 0. The van der Waals surface area contributed by atoms with Crippen LogP contribution in [0.2, 0.25) is 0 Å². The third-order valence-corrected chi connectivity index (χ3v) is 5.22. The Kier molecular flexibility index (Phi) is 6.58. The summed E-state index contributed by atoms with van der Waals surface area (Å²) in [6, 6.07) is 16.6. The molecule has 0 aliphatic heterocycles. The summed E-state index contributed by atoms with van der Waals surface area (Å²) in [5, 5.41) is 39.9. The van der Waals surface area contributed by atoms with Crippen molar-refractivity contribution in [1.29, 1.82) is 0 Å². The second-order valence-corrected chi connectivity index (χ2v) is 7.34. The summed E-state index contributed by atoms with van der Waals surface area (Å²) in [6.45, 7) is 3.22. The van der Waals surface area contributed by atoms with Gasteiger partial charge in [0.15, 0.2) is 19.0 Å². The van der Waals surface area contributed by atoms with Gasteiger partial charge in [-0.3, -0.25) is 10.1 Å². The van der Waals surface area contributed by atoms with Crippen molar-refractivity contribution in [1.82, 2.24) is 4.57 Å². The van der Waals surface area contributed by atoms with Crippen molar-refractivity contribution in [3.8, 4) is 11.5 Å². The number of nitrogens with zero attached hydrogens (tertiary/aromatic N) is 4. The number of rotatable bonds is 9. The zero-order valence-corrected chi connectivity index (χ0v) is 18.3. The highest BCUT2D eigenvalue weighted by Crippen LogP contribution is 2.35. The van der Waals surface area contributed by atoms with Gasteiger partial charge in [-0.2, -0.15) is 0 Å². The van der Waals surface area contributed by atoms with Crippen LogP contribution in [0.4, 0.5) is 5.69 Å². The van der Waals surface area contributed by atoms with E-state index < -0.39 is 22.1 Å². The molecule has 10 nitrogen and oxygen atoms in total. The van der Waals surface area contributed by atoms with Crippen molar-refractivity contribution in [2.24, 2.45) is 10.3 Å². The van der Waals surface area contributed by atoms with Gasteiger partial charge in [0.1, 0.15) is 0 Å². The molecule has 4 aromatic rings. The fourth-order valence-electron chi connectivity index (χ4n) is 3.71. The highest BCUT2D eigenvalue weighted by Gasteiger charge is 2.18. The molecule has 0 aliphatic carbocycles. The monoisotopic (exact) mass is 462 g/mol. The molecule has 0 saturated carbocycles. The number of hydrogen-bond donors (Lipinski definition) is 2. The van der Waals surface area contributed by atoms with Crippen LogP contribution in [0, 0.1) is 10.1 Å². The smallest absolute Gasteiger partial charge is 0.315 e. The van der Waals surface area contributed by atoms with E-state index in [0.29, 0.717) is 0 Å². The molecule has 1 heterocycles. The van der Waals surface area contributed by atoms with Crippen molar-refractivity contribution < 1.29 is 24.8 Å². The van der Waals surface area contributed by atoms with E-state index in [0.717, 1.165) is 29.6 Å². The van der Waals surface area contributed by atoms with Gasteiger partial charge in [0, 0.05) is 40.0 Å². The fourth-order valence-corrected chi connectivity index (χ4v) is 3.71. The van der Waals surface area contributed by atoms with Crippen LogP contribution in [-0.4, -0.2) is 45.3 Å². The molecule has 0 saturated heterocycles. The van der Waals surface area contributed by atoms with E-state index in [1.807, 2.05) is 18.2 Å². The summed E-state index contributed by atoms with van der Waals surface area (Å²) in [5.74, 6) is -1.42. The van der Waals surface area contributed by atoms with Crippen LogP contribution < -0.4 is 0 Å². The van der Waals surface area contributed by atoms with E-state index in [1.54, 1.807) is 6.21 Å². The zero-order chi connectivity index (χ0) is 24.1. The molecular weight excluding hydrogens is 440 g/mol. The van der Waals surface area contributed by atoms with Crippen molar-refractivity contribution in [3.63, 3.8) is 0 Å². The number of aromatic nitrogens is 1. The Morgan fingerprint density at radius 1 is 0.941 bits per heavy atom. The molecule has 174 valence electrons. The van der Waals surface area contributed by atoms with E-state index in [1.165, 1.54) is 22.6 Å². The minimum atomic E-state index is -0.807. The van der Waals surface area contributed by atoms with Crippen molar-refractivity contribution >= 4 is 39.9 Å². The topological polar surface area (TPSA) is 132 Å². The van der Waals surface area contributed by atoms with Crippen LogP contribution in [0.1, 0.15) is 18.1 Å². The van der Waals surface area contributed by atoms with Crippen molar-refractivity contribution in [2.45, 2.75) is 13.5 Å². The lowest BCUT2D eigenvalue weighted by Crippen LogP contribution is -1.98. The van der Waals surface area contributed by atoms with Gasteiger partial charge in [0.2, 0.25) is 5.75 Å². The van der Waals surface area contributed by atoms with E-state index >= 15 is 0 Å². The number of para-hydroxylation sites is 1. The zero-order valence-electron chi connectivity index (χ0n) is 18.3. The molecule has 1 aromatic heterocycles. The van der Waals surface area contributed by atoms with E-state index in [2.05, 4.69) is 46.1 Å². The normalized spacial score (nSPS) is 11.7. The van der Waals surface area contributed by atoms with E-state index in [4.69, 9.17) is 9.68 Å². The highest BCUT2D eigenvalue weighted by molar-refractivity contribution is 6.09. The van der Waals surface area contributed by atoms with Gasteiger partial charge >= 0.3 is 5.69 Å². The Bertz CT molecular complexity index is 1410. The third-order valence-electron chi connectivity index (χ3n) is 5.22. The number of aryl methyl sites for hydroxylation is 1. The largest absolute Gasteiger partial charge is 0.504 e. The Balaban J connectivity index is 1.31. The molecule has 0 aliphatic rings. The van der Waals surface area contributed by atoms with Gasteiger partial charge < -0.3 is 24.5 Å². The van der Waals surface area contributed by atoms with Gasteiger partial charge in [-0.05, 0) is 36.8 Å². The molecule has 4 rings (SSSR count). The molecule has 3 aromatic carbocycles. The molecule has 0 unspecified atom stereocenters. The summed E-state index contributed by atoms with van der Waals surface area (Å²) in [6.07, 6.45) is 2.80. The summed E-state index contributed by atoms with van der Waals surface area (Å²) in [4.78, 5) is 20.3. The Morgan fingerprint density at radius 3 is 2.32 bits per heavy atom. The fraction of sp³-hybridized carbons (Fsp3) is 0.167. The number of benzene rings is 3. The van der Waals surface area contributed by atoms with Crippen molar-refractivity contribution in [3.05, 3.63) is 75.8 Å². The number of phenolic OH excluding ortho intramolecular Hbond substituents is 2. The molecule has 0 spiro atoms. The van der Waals surface area contributed by atoms with Crippen LogP contribution in [-0.2, 0) is 16.2 Å². The lowest BCUT2D eigenvalue weighted by molar-refractivity contribution is -0.386. The van der Waals surface area contributed by atoms with Gasteiger partial charge in [0.25, 0.3) is 0 Å². The predicted octanol–water partition coefficient (Wildman–Crippen LogP) is 4.54. The number of hydrogen-bond acceptors (Lipinski definition) is 8. The van der Waals surface area contributed by atoms with Gasteiger partial charge in [-0.1, -0.05) is 34.6 Å². The number of oxime groups is 2. The number of aromatic hydroxyl groups is 2. The van der Waals surface area contributed by atoms with Crippen molar-refractivity contribution in [2.75, 3.05) is 13.2 Å². The predicted molar refractivity (Wildman–Crippen MR) is 129 cm³/mol. The maximum Gasteiger partial charge on any atom is 0.315 e. The summed E-state index contributed by atoms with van der Waals surface area (Å²) < 4.78 is 2.28. The molecule has 0 amide bonds. The minimum absolute atomic E-state index is 0.0863. The molecule has 0 bridgehead atoms.